The first-order chi connectivity index (χ1) is 29.2. The second-order valence-electron chi connectivity index (χ2n) is 15.3. The van der Waals surface area contributed by atoms with Gasteiger partial charge in [0.1, 0.15) is 0 Å². The van der Waals surface area contributed by atoms with Crippen molar-refractivity contribution in [1.29, 1.82) is 0 Å². The molecule has 0 saturated carbocycles. The van der Waals surface area contributed by atoms with Gasteiger partial charge in [-0.05, 0) is 128 Å². The van der Waals surface area contributed by atoms with Crippen molar-refractivity contribution in [2.75, 3.05) is 4.90 Å². The molecule has 0 unspecified atom stereocenters. The highest BCUT2D eigenvalue weighted by molar-refractivity contribution is 7.26. The average molecular weight is 786 g/mol. The predicted molar refractivity (Wildman–Crippen MR) is 258 cm³/mol. The summed E-state index contributed by atoms with van der Waals surface area (Å²) in [5.41, 5.74) is 10.7. The van der Waals surface area contributed by atoms with E-state index in [9.17, 15) is 0 Å². The summed E-state index contributed by atoms with van der Waals surface area (Å²) in [5, 5.41) is 10.3. The summed E-state index contributed by atoms with van der Waals surface area (Å²) >= 11 is 3.77. The van der Waals surface area contributed by atoms with Gasteiger partial charge in [0.2, 0.25) is 0 Å². The maximum Gasteiger partial charge on any atom is 0.0468 e. The third kappa shape index (κ3) is 5.89. The van der Waals surface area contributed by atoms with Gasteiger partial charge in [0, 0.05) is 57.4 Å². The summed E-state index contributed by atoms with van der Waals surface area (Å²) in [6.45, 7) is 0. The lowest BCUT2D eigenvalue weighted by molar-refractivity contribution is 1.30. The van der Waals surface area contributed by atoms with Crippen LogP contribution in [0.1, 0.15) is 0 Å². The Morgan fingerprint density at radius 3 is 1.54 bits per heavy atom. The summed E-state index contributed by atoms with van der Waals surface area (Å²) in [7, 11) is 0. The molecule has 1 nitrogen and oxygen atoms in total. The van der Waals surface area contributed by atoms with Gasteiger partial charge in [-0.25, -0.2) is 0 Å². The standard InChI is InChI=1S/C56H35NS2/c1-3-10-36(11-4-1)39-15-9-16-45(31-39)57(46-24-20-41-30-40(18-19-42(41)32-46)37-12-5-2-6-13-37)47-25-29-54-52(35-47)51-34-44(22-27-53(51)58-54)43-23-28-55-50(33-43)49-26-21-38-14-7-8-17-48(38)56(49)59-55/h1-35H. The number of fused-ring (bicyclic) bond motifs is 9. The van der Waals surface area contributed by atoms with Crippen molar-refractivity contribution in [3.63, 3.8) is 0 Å². The molecule has 0 radical (unpaired) electrons. The molecule has 2 aromatic heterocycles. The van der Waals surface area contributed by atoms with E-state index in [1.54, 1.807) is 0 Å². The maximum absolute atomic E-state index is 2.42. The minimum Gasteiger partial charge on any atom is -0.310 e. The number of hydrogen-bond acceptors (Lipinski definition) is 3. The van der Waals surface area contributed by atoms with Gasteiger partial charge in [-0.3, -0.25) is 0 Å². The second-order valence-corrected chi connectivity index (χ2v) is 17.5. The summed E-state index contributed by atoms with van der Waals surface area (Å²) in [4.78, 5) is 2.42. The fourth-order valence-electron chi connectivity index (χ4n) is 8.85. The molecule has 0 fully saturated rings. The molecule has 0 aliphatic rings. The third-order valence-electron chi connectivity index (χ3n) is 11.8. The zero-order valence-electron chi connectivity index (χ0n) is 32.0. The molecular weight excluding hydrogens is 751 g/mol. The van der Waals surface area contributed by atoms with Gasteiger partial charge in [0.25, 0.3) is 0 Å². The molecule has 10 aromatic carbocycles. The van der Waals surface area contributed by atoms with Crippen LogP contribution in [0, 0.1) is 0 Å². The van der Waals surface area contributed by atoms with Crippen LogP contribution in [0.3, 0.4) is 0 Å². The lowest BCUT2D eigenvalue weighted by Crippen LogP contribution is -2.10. The fourth-order valence-corrected chi connectivity index (χ4v) is 11.1. The summed E-state index contributed by atoms with van der Waals surface area (Å²) < 4.78 is 5.28. The predicted octanol–water partition coefficient (Wildman–Crippen LogP) is 17.2. The van der Waals surface area contributed by atoms with Crippen molar-refractivity contribution in [2.24, 2.45) is 0 Å². The number of benzene rings is 10. The lowest BCUT2D eigenvalue weighted by atomic mass is 9.99. The van der Waals surface area contributed by atoms with Crippen LogP contribution in [0.2, 0.25) is 0 Å². The monoisotopic (exact) mass is 785 g/mol. The number of thiophene rings is 2. The van der Waals surface area contributed by atoms with Crippen LogP contribution in [0.15, 0.2) is 212 Å². The smallest absolute Gasteiger partial charge is 0.0468 e. The Balaban J connectivity index is 0.992. The first kappa shape index (κ1) is 34.0. The molecule has 0 bridgehead atoms. The summed E-state index contributed by atoms with van der Waals surface area (Å²) in [6.07, 6.45) is 0. The third-order valence-corrected chi connectivity index (χ3v) is 14.2. The highest BCUT2D eigenvalue weighted by atomic mass is 32.1. The molecular formula is C56H35NS2. The zero-order chi connectivity index (χ0) is 38.9. The molecule has 0 saturated heterocycles. The number of anilines is 3. The molecule has 59 heavy (non-hydrogen) atoms. The first-order valence-corrected chi connectivity index (χ1v) is 21.7. The van der Waals surface area contributed by atoms with E-state index in [0.717, 1.165) is 17.1 Å². The largest absolute Gasteiger partial charge is 0.310 e. The maximum atomic E-state index is 2.42. The molecule has 0 aliphatic carbocycles. The van der Waals surface area contributed by atoms with Gasteiger partial charge < -0.3 is 4.90 Å². The topological polar surface area (TPSA) is 3.24 Å². The number of nitrogens with zero attached hydrogens (tertiary/aromatic N) is 1. The molecule has 0 amide bonds. The van der Waals surface area contributed by atoms with Crippen LogP contribution in [-0.2, 0) is 0 Å². The van der Waals surface area contributed by atoms with Crippen molar-refractivity contribution < 1.29 is 0 Å². The van der Waals surface area contributed by atoms with Crippen molar-refractivity contribution >= 4 is 102 Å². The van der Waals surface area contributed by atoms with Gasteiger partial charge >= 0.3 is 0 Å². The van der Waals surface area contributed by atoms with E-state index in [1.165, 1.54) is 95.3 Å². The zero-order valence-corrected chi connectivity index (χ0v) is 33.6. The van der Waals surface area contributed by atoms with Gasteiger partial charge in [-0.1, -0.05) is 140 Å². The molecule has 12 rings (SSSR count). The van der Waals surface area contributed by atoms with Gasteiger partial charge in [-0.2, -0.15) is 0 Å². The van der Waals surface area contributed by atoms with Crippen LogP contribution < -0.4 is 4.90 Å². The molecule has 0 atom stereocenters. The van der Waals surface area contributed by atoms with Gasteiger partial charge in [0.15, 0.2) is 0 Å². The van der Waals surface area contributed by atoms with E-state index in [0.29, 0.717) is 0 Å². The molecule has 0 N–H and O–H groups in total. The van der Waals surface area contributed by atoms with Crippen LogP contribution in [-0.4, -0.2) is 0 Å². The van der Waals surface area contributed by atoms with Crippen LogP contribution in [0.4, 0.5) is 17.1 Å². The Kier molecular flexibility index (Phi) is 7.97. The normalized spacial score (nSPS) is 11.7. The molecule has 276 valence electrons. The Hall–Kier alpha value is -7.04. The SMILES string of the molecule is c1ccc(-c2cccc(N(c3ccc4cc(-c5ccccc5)ccc4c3)c3ccc4sc5ccc(-c6ccc7sc8c9ccccc9ccc8c7c6)cc5c4c3)c2)cc1. The number of hydrogen-bond donors (Lipinski definition) is 0. The van der Waals surface area contributed by atoms with Crippen molar-refractivity contribution in [3.05, 3.63) is 212 Å². The van der Waals surface area contributed by atoms with E-state index in [2.05, 4.69) is 217 Å². The van der Waals surface area contributed by atoms with Crippen LogP contribution >= 0.6 is 22.7 Å². The van der Waals surface area contributed by atoms with Gasteiger partial charge in [-0.15, -0.1) is 22.7 Å². The van der Waals surface area contributed by atoms with Crippen molar-refractivity contribution in [2.45, 2.75) is 0 Å². The highest BCUT2D eigenvalue weighted by Gasteiger charge is 2.18. The Morgan fingerprint density at radius 1 is 0.254 bits per heavy atom. The lowest BCUT2D eigenvalue weighted by Gasteiger charge is -2.26. The van der Waals surface area contributed by atoms with Crippen LogP contribution in [0.25, 0.3) is 95.3 Å². The minimum absolute atomic E-state index is 1.12. The van der Waals surface area contributed by atoms with E-state index >= 15 is 0 Å². The molecule has 12 aromatic rings. The summed E-state index contributed by atoms with van der Waals surface area (Å²) in [6, 6.07) is 78.2. The highest BCUT2D eigenvalue weighted by Crippen LogP contribution is 2.44. The second kappa shape index (κ2) is 13.8. The Morgan fingerprint density at radius 2 is 0.763 bits per heavy atom. The Labute approximate surface area is 350 Å². The fraction of sp³-hybridized carbons (Fsp3) is 0. The number of rotatable bonds is 6. The molecule has 0 spiro atoms. The first-order valence-electron chi connectivity index (χ1n) is 20.1. The van der Waals surface area contributed by atoms with E-state index in [1.807, 2.05) is 22.7 Å². The average Bonchev–Trinajstić information content (AvgIpc) is 3.87. The molecule has 3 heteroatoms. The summed E-state index contributed by atoms with van der Waals surface area (Å²) in [5.74, 6) is 0. The van der Waals surface area contributed by atoms with Gasteiger partial charge in [0.05, 0.1) is 0 Å². The molecule has 2 heterocycles. The Bertz CT molecular complexity index is 3560. The van der Waals surface area contributed by atoms with Crippen LogP contribution in [0.5, 0.6) is 0 Å². The van der Waals surface area contributed by atoms with E-state index < -0.39 is 0 Å². The van der Waals surface area contributed by atoms with E-state index in [4.69, 9.17) is 0 Å². The van der Waals surface area contributed by atoms with Crippen molar-refractivity contribution in [3.8, 4) is 33.4 Å². The minimum atomic E-state index is 1.12. The van der Waals surface area contributed by atoms with E-state index in [-0.39, 0.29) is 0 Å². The van der Waals surface area contributed by atoms with Crippen molar-refractivity contribution in [1.82, 2.24) is 0 Å². The quantitative estimate of drug-likeness (QED) is 0.162. The molecule has 0 aliphatic heterocycles.